The molecule has 4 heteroatoms. The van der Waals surface area contributed by atoms with Gasteiger partial charge in [0.15, 0.2) is 0 Å². The van der Waals surface area contributed by atoms with Gasteiger partial charge in [-0.2, -0.15) is 5.10 Å². The molecular weight excluding hydrogens is 234 g/mol. The molecular formula is C13H22ClN3. The molecule has 1 aromatic heterocycles. The van der Waals surface area contributed by atoms with Gasteiger partial charge in [-0.1, -0.05) is 24.4 Å². The lowest BCUT2D eigenvalue weighted by Crippen LogP contribution is -2.32. The summed E-state index contributed by atoms with van der Waals surface area (Å²) in [4.78, 5) is 0. The number of nitrogens with one attached hydrogen (secondary N) is 1. The van der Waals surface area contributed by atoms with E-state index in [0.29, 0.717) is 12.1 Å². The molecule has 1 heterocycles. The lowest BCUT2D eigenvalue weighted by atomic mass is 10.2. The summed E-state index contributed by atoms with van der Waals surface area (Å²) in [6.45, 7) is 7.16. The fraction of sp³-hybridized carbons (Fsp3) is 0.769. The summed E-state index contributed by atoms with van der Waals surface area (Å²) in [5, 5.41) is 8.93. The average molecular weight is 256 g/mol. The predicted molar refractivity (Wildman–Crippen MR) is 71.7 cm³/mol. The summed E-state index contributed by atoms with van der Waals surface area (Å²) < 4.78 is 2.04. The predicted octanol–water partition coefficient (Wildman–Crippen LogP) is 3.25. The van der Waals surface area contributed by atoms with Gasteiger partial charge in [0, 0.05) is 12.6 Å². The molecule has 1 aliphatic rings. The monoisotopic (exact) mass is 255 g/mol. The van der Waals surface area contributed by atoms with E-state index >= 15 is 0 Å². The SMILES string of the molecule is Cc1nn(C(C)CNC2CCCC2)c(C)c1Cl. The molecule has 1 saturated carbocycles. The standard InChI is InChI=1S/C13H22ClN3/c1-9(8-15-12-6-4-5-7-12)17-11(3)13(14)10(2)16-17/h9,12,15H,4-8H2,1-3H3. The molecule has 0 radical (unpaired) electrons. The highest BCUT2D eigenvalue weighted by molar-refractivity contribution is 6.31. The van der Waals surface area contributed by atoms with Gasteiger partial charge in [0.1, 0.15) is 0 Å². The second-order valence-corrected chi connectivity index (χ2v) is 5.55. The highest BCUT2D eigenvalue weighted by Crippen LogP contribution is 2.22. The Labute approximate surface area is 109 Å². The van der Waals surface area contributed by atoms with Crippen LogP contribution in [0.15, 0.2) is 0 Å². The Morgan fingerprint density at radius 2 is 2.06 bits per heavy atom. The third-order valence-electron chi connectivity index (χ3n) is 3.71. The van der Waals surface area contributed by atoms with Crippen molar-refractivity contribution in [1.82, 2.24) is 15.1 Å². The van der Waals surface area contributed by atoms with Crippen LogP contribution >= 0.6 is 11.6 Å². The Kier molecular flexibility index (Phi) is 4.10. The molecule has 0 amide bonds. The van der Waals surface area contributed by atoms with Crippen molar-refractivity contribution in [1.29, 1.82) is 0 Å². The van der Waals surface area contributed by atoms with Gasteiger partial charge in [0.05, 0.1) is 22.5 Å². The van der Waals surface area contributed by atoms with E-state index in [2.05, 4.69) is 17.3 Å². The Balaban J connectivity index is 1.94. The van der Waals surface area contributed by atoms with Crippen LogP contribution in [0.2, 0.25) is 5.02 Å². The van der Waals surface area contributed by atoms with Gasteiger partial charge in [-0.25, -0.2) is 0 Å². The molecule has 1 aliphatic carbocycles. The first-order valence-electron chi connectivity index (χ1n) is 6.54. The molecule has 0 saturated heterocycles. The van der Waals surface area contributed by atoms with E-state index in [0.717, 1.165) is 23.0 Å². The second-order valence-electron chi connectivity index (χ2n) is 5.17. The molecule has 1 atom stereocenters. The molecule has 0 aliphatic heterocycles. The molecule has 0 aromatic carbocycles. The fourth-order valence-corrected chi connectivity index (χ4v) is 2.75. The van der Waals surface area contributed by atoms with Gasteiger partial charge in [-0.3, -0.25) is 4.68 Å². The van der Waals surface area contributed by atoms with Gasteiger partial charge in [-0.05, 0) is 33.6 Å². The molecule has 1 N–H and O–H groups in total. The number of aromatic nitrogens is 2. The Morgan fingerprint density at radius 3 is 2.59 bits per heavy atom. The number of nitrogens with zero attached hydrogens (tertiary/aromatic N) is 2. The van der Waals surface area contributed by atoms with Crippen molar-refractivity contribution in [2.75, 3.05) is 6.54 Å². The highest BCUT2D eigenvalue weighted by atomic mass is 35.5. The van der Waals surface area contributed by atoms with Crippen LogP contribution in [-0.4, -0.2) is 22.4 Å². The van der Waals surface area contributed by atoms with Gasteiger partial charge >= 0.3 is 0 Å². The number of hydrogen-bond donors (Lipinski definition) is 1. The zero-order chi connectivity index (χ0) is 12.4. The molecule has 96 valence electrons. The quantitative estimate of drug-likeness (QED) is 0.895. The fourth-order valence-electron chi connectivity index (χ4n) is 2.63. The van der Waals surface area contributed by atoms with Crippen molar-refractivity contribution in [2.45, 2.75) is 58.5 Å². The van der Waals surface area contributed by atoms with E-state index in [1.54, 1.807) is 0 Å². The van der Waals surface area contributed by atoms with Gasteiger partial charge in [-0.15, -0.1) is 0 Å². The van der Waals surface area contributed by atoms with Crippen LogP contribution in [0.3, 0.4) is 0 Å². The smallest absolute Gasteiger partial charge is 0.0844 e. The van der Waals surface area contributed by atoms with Crippen LogP contribution in [0.1, 0.15) is 50.0 Å². The first-order chi connectivity index (χ1) is 8.09. The van der Waals surface area contributed by atoms with Crippen molar-refractivity contribution in [3.8, 4) is 0 Å². The van der Waals surface area contributed by atoms with Crippen molar-refractivity contribution < 1.29 is 0 Å². The molecule has 17 heavy (non-hydrogen) atoms. The number of aryl methyl sites for hydroxylation is 1. The summed E-state index contributed by atoms with van der Waals surface area (Å²) in [5.74, 6) is 0. The lowest BCUT2D eigenvalue weighted by Gasteiger charge is -2.18. The maximum absolute atomic E-state index is 6.17. The lowest BCUT2D eigenvalue weighted by molar-refractivity contribution is 0.409. The van der Waals surface area contributed by atoms with Crippen molar-refractivity contribution in [2.24, 2.45) is 0 Å². The minimum atomic E-state index is 0.363. The first kappa shape index (κ1) is 12.9. The Hall–Kier alpha value is -0.540. The maximum atomic E-state index is 6.17. The Morgan fingerprint density at radius 1 is 1.41 bits per heavy atom. The van der Waals surface area contributed by atoms with E-state index in [4.69, 9.17) is 11.6 Å². The third-order valence-corrected chi connectivity index (χ3v) is 4.26. The number of hydrogen-bond acceptors (Lipinski definition) is 2. The largest absolute Gasteiger partial charge is 0.312 e. The topological polar surface area (TPSA) is 29.9 Å². The normalized spacial score (nSPS) is 18.8. The summed E-state index contributed by atoms with van der Waals surface area (Å²) >= 11 is 6.17. The number of halogens is 1. The zero-order valence-electron chi connectivity index (χ0n) is 11.0. The first-order valence-corrected chi connectivity index (χ1v) is 6.92. The van der Waals surface area contributed by atoms with Crippen LogP contribution in [0, 0.1) is 13.8 Å². The van der Waals surface area contributed by atoms with Gasteiger partial charge < -0.3 is 5.32 Å². The number of rotatable bonds is 4. The van der Waals surface area contributed by atoms with Crippen LogP contribution in [0.25, 0.3) is 0 Å². The van der Waals surface area contributed by atoms with E-state index in [9.17, 15) is 0 Å². The summed E-state index contributed by atoms with van der Waals surface area (Å²) in [5.41, 5.74) is 2.00. The van der Waals surface area contributed by atoms with Gasteiger partial charge in [0.2, 0.25) is 0 Å². The summed E-state index contributed by atoms with van der Waals surface area (Å²) in [7, 11) is 0. The van der Waals surface area contributed by atoms with Crippen LogP contribution in [0.5, 0.6) is 0 Å². The van der Waals surface area contributed by atoms with Crippen LogP contribution < -0.4 is 5.32 Å². The van der Waals surface area contributed by atoms with E-state index in [-0.39, 0.29) is 0 Å². The maximum Gasteiger partial charge on any atom is 0.0844 e. The van der Waals surface area contributed by atoms with E-state index in [1.165, 1.54) is 25.7 Å². The zero-order valence-corrected chi connectivity index (χ0v) is 11.7. The van der Waals surface area contributed by atoms with Gasteiger partial charge in [0.25, 0.3) is 0 Å². The highest BCUT2D eigenvalue weighted by Gasteiger charge is 2.18. The van der Waals surface area contributed by atoms with Crippen molar-refractivity contribution >= 4 is 11.6 Å². The molecule has 2 rings (SSSR count). The molecule has 0 spiro atoms. The molecule has 3 nitrogen and oxygen atoms in total. The molecule has 1 unspecified atom stereocenters. The van der Waals surface area contributed by atoms with Crippen LogP contribution in [0.4, 0.5) is 0 Å². The van der Waals surface area contributed by atoms with E-state index in [1.807, 2.05) is 18.5 Å². The van der Waals surface area contributed by atoms with Crippen molar-refractivity contribution in [3.05, 3.63) is 16.4 Å². The van der Waals surface area contributed by atoms with Crippen LogP contribution in [-0.2, 0) is 0 Å². The van der Waals surface area contributed by atoms with E-state index < -0.39 is 0 Å². The minimum Gasteiger partial charge on any atom is -0.312 e. The second kappa shape index (κ2) is 5.40. The summed E-state index contributed by atoms with van der Waals surface area (Å²) in [6.07, 6.45) is 5.39. The van der Waals surface area contributed by atoms with Crippen molar-refractivity contribution in [3.63, 3.8) is 0 Å². The summed E-state index contributed by atoms with van der Waals surface area (Å²) in [6, 6.07) is 1.08. The molecule has 1 fully saturated rings. The Bertz CT molecular complexity index is 380. The minimum absolute atomic E-state index is 0.363. The third kappa shape index (κ3) is 2.83. The average Bonchev–Trinajstić information content (AvgIpc) is 2.91. The molecule has 1 aromatic rings. The molecule has 0 bridgehead atoms.